The highest BCUT2D eigenvalue weighted by atomic mass is 32.2. The lowest BCUT2D eigenvalue weighted by atomic mass is 10.2. The third-order valence-corrected chi connectivity index (χ3v) is 3.54. The van der Waals surface area contributed by atoms with E-state index in [2.05, 4.69) is 17.0 Å². The molecule has 0 N–H and O–H groups in total. The molecule has 2 aromatic carbocycles. The number of oxime groups is 1. The molecule has 112 valence electrons. The van der Waals surface area contributed by atoms with Crippen molar-refractivity contribution in [3.05, 3.63) is 71.8 Å². The molecule has 0 radical (unpaired) electrons. The Hall–Kier alpha value is -2.58. The molecule has 0 saturated carbocycles. The molecule has 2 aromatic rings. The minimum absolute atomic E-state index is 0.187. The van der Waals surface area contributed by atoms with Gasteiger partial charge in [0.15, 0.2) is 0 Å². The molecule has 0 heterocycles. The van der Waals surface area contributed by atoms with E-state index in [1.165, 1.54) is 0 Å². The molecule has 2 rings (SSSR count). The van der Waals surface area contributed by atoms with E-state index in [0.29, 0.717) is 5.56 Å². The van der Waals surface area contributed by atoms with Gasteiger partial charge in [0.1, 0.15) is 6.61 Å². The van der Waals surface area contributed by atoms with Crippen LogP contribution in [0.4, 0.5) is 0 Å². The van der Waals surface area contributed by atoms with Crippen LogP contribution in [0, 0.1) is 11.8 Å². The maximum absolute atomic E-state index is 11.7. The van der Waals surface area contributed by atoms with Crippen molar-refractivity contribution in [2.45, 2.75) is 6.61 Å². The van der Waals surface area contributed by atoms with Crippen LogP contribution in [0.1, 0.15) is 11.1 Å². The van der Waals surface area contributed by atoms with Crippen LogP contribution < -0.4 is 0 Å². The van der Waals surface area contributed by atoms with Crippen molar-refractivity contribution in [3.63, 3.8) is 0 Å². The first-order chi connectivity index (χ1) is 10.6. The van der Waals surface area contributed by atoms with E-state index in [1.54, 1.807) is 12.1 Å². The van der Waals surface area contributed by atoms with Gasteiger partial charge in [-0.1, -0.05) is 59.6 Å². The summed E-state index contributed by atoms with van der Waals surface area (Å²) >= 11 is 0. The predicted octanol–water partition coefficient (Wildman–Crippen LogP) is 2.61. The summed E-state index contributed by atoms with van der Waals surface area (Å²) in [6.45, 7) is 0.187. The molecule has 5 heteroatoms. The predicted molar refractivity (Wildman–Crippen MR) is 86.8 cm³/mol. The Balaban J connectivity index is 2.14. The number of hydrogen-bond acceptors (Lipinski definition) is 4. The summed E-state index contributed by atoms with van der Waals surface area (Å²) in [6.07, 6.45) is 1.05. The number of nitrogens with zero attached hydrogens (tertiary/aromatic N) is 1. The lowest BCUT2D eigenvalue weighted by Gasteiger charge is -2.00. The molecule has 0 spiro atoms. The second kappa shape index (κ2) is 7.43. The van der Waals surface area contributed by atoms with Gasteiger partial charge in [-0.05, 0) is 23.6 Å². The molecule has 0 amide bonds. The summed E-state index contributed by atoms with van der Waals surface area (Å²) in [5, 5.41) is 3.38. The third kappa shape index (κ3) is 5.08. The molecule has 0 saturated heterocycles. The van der Waals surface area contributed by atoms with Crippen LogP contribution in [0.2, 0.25) is 0 Å². The smallest absolute Gasteiger partial charge is 0.244 e. The van der Waals surface area contributed by atoms with Crippen LogP contribution in [0.5, 0.6) is 0 Å². The largest absolute Gasteiger partial charge is 0.389 e. The van der Waals surface area contributed by atoms with Gasteiger partial charge in [-0.15, -0.1) is 0 Å². The van der Waals surface area contributed by atoms with Crippen LogP contribution in [0.15, 0.2) is 65.8 Å². The SMILES string of the molecule is CS(=O)(=O)/C(C#Cc1ccccc1)=N\OCc1ccccc1. The van der Waals surface area contributed by atoms with Crippen LogP contribution >= 0.6 is 0 Å². The van der Waals surface area contributed by atoms with E-state index in [1.807, 2.05) is 48.5 Å². The topological polar surface area (TPSA) is 55.7 Å². The summed E-state index contributed by atoms with van der Waals surface area (Å²) in [4.78, 5) is 5.10. The maximum Gasteiger partial charge on any atom is 0.244 e. The lowest BCUT2D eigenvalue weighted by molar-refractivity contribution is 0.131. The first kappa shape index (κ1) is 15.8. The minimum Gasteiger partial charge on any atom is -0.389 e. The monoisotopic (exact) mass is 313 g/mol. The van der Waals surface area contributed by atoms with Crippen LogP contribution in [-0.2, 0) is 21.3 Å². The average Bonchev–Trinajstić information content (AvgIpc) is 2.51. The van der Waals surface area contributed by atoms with Gasteiger partial charge in [-0.25, -0.2) is 8.42 Å². The highest BCUT2D eigenvalue weighted by Crippen LogP contribution is 2.02. The van der Waals surface area contributed by atoms with Crippen molar-refractivity contribution in [1.82, 2.24) is 0 Å². The minimum atomic E-state index is -3.54. The quantitative estimate of drug-likeness (QED) is 0.379. The van der Waals surface area contributed by atoms with Gasteiger partial charge < -0.3 is 4.84 Å². The standard InChI is InChI=1S/C17H15NO3S/c1-22(19,20)17(13-12-15-8-4-2-5-9-15)18-21-14-16-10-6-3-7-11-16/h2-11H,14H2,1H3/b18-17-. The Labute approximate surface area is 130 Å². The van der Waals surface area contributed by atoms with E-state index in [9.17, 15) is 8.42 Å². The van der Waals surface area contributed by atoms with Crippen molar-refractivity contribution in [3.8, 4) is 11.8 Å². The Morgan fingerprint density at radius 3 is 2.23 bits per heavy atom. The van der Waals surface area contributed by atoms with Gasteiger partial charge in [0.2, 0.25) is 14.9 Å². The van der Waals surface area contributed by atoms with Crippen molar-refractivity contribution >= 4 is 14.9 Å². The van der Waals surface area contributed by atoms with Crippen molar-refractivity contribution in [1.29, 1.82) is 0 Å². The highest BCUT2D eigenvalue weighted by Gasteiger charge is 2.11. The zero-order chi connectivity index (χ0) is 15.8. The molecule has 0 aliphatic carbocycles. The fraction of sp³-hybridized carbons (Fsp3) is 0.118. The normalized spacial score (nSPS) is 11.4. The van der Waals surface area contributed by atoms with Gasteiger partial charge in [-0.2, -0.15) is 0 Å². The van der Waals surface area contributed by atoms with E-state index < -0.39 is 9.84 Å². The molecular weight excluding hydrogens is 298 g/mol. The number of hydrogen-bond donors (Lipinski definition) is 0. The number of benzene rings is 2. The molecule has 0 fully saturated rings. The van der Waals surface area contributed by atoms with Gasteiger partial charge in [-0.3, -0.25) is 0 Å². The van der Waals surface area contributed by atoms with Gasteiger partial charge >= 0.3 is 0 Å². The van der Waals surface area contributed by atoms with Crippen LogP contribution in [0.3, 0.4) is 0 Å². The molecule has 0 atom stereocenters. The van der Waals surface area contributed by atoms with Gasteiger partial charge in [0.25, 0.3) is 0 Å². The van der Waals surface area contributed by atoms with Crippen LogP contribution in [-0.4, -0.2) is 19.7 Å². The lowest BCUT2D eigenvalue weighted by Crippen LogP contribution is -2.11. The van der Waals surface area contributed by atoms with Crippen molar-refractivity contribution in [2.24, 2.45) is 5.16 Å². The average molecular weight is 313 g/mol. The Morgan fingerprint density at radius 1 is 1.05 bits per heavy atom. The second-order valence-electron chi connectivity index (χ2n) is 4.54. The van der Waals surface area contributed by atoms with Crippen molar-refractivity contribution < 1.29 is 13.3 Å². The zero-order valence-electron chi connectivity index (χ0n) is 12.1. The molecular formula is C17H15NO3S. The molecule has 0 aromatic heterocycles. The van der Waals surface area contributed by atoms with Crippen molar-refractivity contribution in [2.75, 3.05) is 6.26 Å². The number of sulfone groups is 1. The third-order valence-electron chi connectivity index (χ3n) is 2.66. The van der Waals surface area contributed by atoms with Gasteiger partial charge in [0.05, 0.1) is 0 Å². The van der Waals surface area contributed by atoms with E-state index in [4.69, 9.17) is 4.84 Å². The highest BCUT2D eigenvalue weighted by molar-refractivity contribution is 8.06. The molecule has 22 heavy (non-hydrogen) atoms. The fourth-order valence-electron chi connectivity index (χ4n) is 1.57. The number of rotatable bonds is 3. The first-order valence-corrected chi connectivity index (χ1v) is 8.46. The van der Waals surface area contributed by atoms with E-state index >= 15 is 0 Å². The van der Waals surface area contributed by atoms with E-state index in [-0.39, 0.29) is 11.7 Å². The Morgan fingerprint density at radius 2 is 1.64 bits per heavy atom. The Bertz CT molecular complexity index is 801. The molecule has 0 unspecified atom stereocenters. The maximum atomic E-state index is 11.7. The summed E-state index contributed by atoms with van der Waals surface area (Å²) < 4.78 is 23.4. The molecule has 4 nitrogen and oxygen atoms in total. The molecule has 0 aliphatic rings. The summed E-state index contributed by atoms with van der Waals surface area (Å²) in [7, 11) is -3.54. The fourth-order valence-corrected chi connectivity index (χ4v) is 1.99. The summed E-state index contributed by atoms with van der Waals surface area (Å²) in [6, 6.07) is 18.5. The second-order valence-corrected chi connectivity index (χ2v) is 6.47. The summed E-state index contributed by atoms with van der Waals surface area (Å²) in [5.41, 5.74) is 1.61. The zero-order valence-corrected chi connectivity index (χ0v) is 12.9. The van der Waals surface area contributed by atoms with Gasteiger partial charge in [0, 0.05) is 11.8 Å². The van der Waals surface area contributed by atoms with Crippen LogP contribution in [0.25, 0.3) is 0 Å². The molecule has 0 bridgehead atoms. The first-order valence-electron chi connectivity index (χ1n) is 6.57. The Kier molecular flexibility index (Phi) is 5.34. The molecule has 0 aliphatic heterocycles. The van der Waals surface area contributed by atoms with E-state index in [0.717, 1.165) is 11.8 Å². The summed E-state index contributed by atoms with van der Waals surface area (Å²) in [5.74, 6) is 5.31.